The Morgan fingerprint density at radius 3 is 2.67 bits per heavy atom. The van der Waals surface area contributed by atoms with Crippen molar-refractivity contribution in [3.8, 4) is 0 Å². The fourth-order valence-corrected chi connectivity index (χ4v) is 2.37. The highest BCUT2D eigenvalue weighted by Gasteiger charge is 2.50. The minimum absolute atomic E-state index is 0.308. The van der Waals surface area contributed by atoms with Gasteiger partial charge in [-0.3, -0.25) is 4.68 Å². The van der Waals surface area contributed by atoms with Crippen LogP contribution in [-0.4, -0.2) is 28.8 Å². The third-order valence-electron chi connectivity index (χ3n) is 3.34. The van der Waals surface area contributed by atoms with Crippen LogP contribution in [-0.2, 0) is 9.47 Å². The van der Waals surface area contributed by atoms with Crippen LogP contribution in [0.15, 0.2) is 6.20 Å². The molecule has 0 radical (unpaired) electrons. The maximum absolute atomic E-state index is 5.76. The molecule has 0 unspecified atom stereocenters. The molecule has 2 heterocycles. The zero-order valence-electron chi connectivity index (χ0n) is 8.77. The topological polar surface area (TPSA) is 62.3 Å². The Labute approximate surface area is 88.1 Å². The van der Waals surface area contributed by atoms with E-state index in [0.29, 0.717) is 19.3 Å². The van der Waals surface area contributed by atoms with Gasteiger partial charge in [-0.25, -0.2) is 0 Å². The van der Waals surface area contributed by atoms with E-state index in [1.807, 2.05) is 11.6 Å². The van der Waals surface area contributed by atoms with Gasteiger partial charge in [0.1, 0.15) is 0 Å². The van der Waals surface area contributed by atoms with Gasteiger partial charge >= 0.3 is 0 Å². The molecule has 1 saturated heterocycles. The molecule has 1 aromatic heterocycles. The largest absolute Gasteiger partial charge is 0.396 e. The zero-order chi connectivity index (χ0) is 10.5. The number of nitrogen functional groups attached to an aromatic ring is 1. The molecule has 0 aromatic carbocycles. The molecule has 0 amide bonds. The Balaban J connectivity index is 1.74. The summed E-state index contributed by atoms with van der Waals surface area (Å²) in [7, 11) is 0. The van der Waals surface area contributed by atoms with E-state index in [-0.39, 0.29) is 5.79 Å². The van der Waals surface area contributed by atoms with Crippen LogP contribution in [0.4, 0.5) is 5.69 Å². The van der Waals surface area contributed by atoms with Gasteiger partial charge in [-0.05, 0) is 6.92 Å². The number of rotatable bonds is 1. The second-order valence-electron chi connectivity index (χ2n) is 4.30. The second kappa shape index (κ2) is 2.96. The van der Waals surface area contributed by atoms with Crippen LogP contribution < -0.4 is 5.73 Å². The molecule has 1 aliphatic heterocycles. The summed E-state index contributed by atoms with van der Waals surface area (Å²) in [5.74, 6) is -0.308. The quantitative estimate of drug-likeness (QED) is 0.744. The molecular weight excluding hydrogens is 194 g/mol. The van der Waals surface area contributed by atoms with Gasteiger partial charge < -0.3 is 15.2 Å². The summed E-state index contributed by atoms with van der Waals surface area (Å²) in [5, 5.41) is 4.27. The molecule has 2 aliphatic rings. The van der Waals surface area contributed by atoms with Crippen LogP contribution in [0.25, 0.3) is 0 Å². The first-order chi connectivity index (χ1) is 7.20. The number of ether oxygens (including phenoxy) is 2. The van der Waals surface area contributed by atoms with Gasteiger partial charge in [0.15, 0.2) is 5.79 Å². The second-order valence-corrected chi connectivity index (χ2v) is 4.30. The predicted octanol–water partition coefficient (Wildman–Crippen LogP) is 0.852. The van der Waals surface area contributed by atoms with Crippen LogP contribution in [0.1, 0.15) is 24.6 Å². The summed E-state index contributed by atoms with van der Waals surface area (Å²) >= 11 is 0. The van der Waals surface area contributed by atoms with E-state index in [1.165, 1.54) is 0 Å². The van der Waals surface area contributed by atoms with Crippen LogP contribution in [0.2, 0.25) is 0 Å². The lowest BCUT2D eigenvalue weighted by atomic mass is 9.85. The molecule has 1 aliphatic carbocycles. The zero-order valence-corrected chi connectivity index (χ0v) is 8.77. The molecule has 1 aromatic rings. The highest BCUT2D eigenvalue weighted by molar-refractivity contribution is 5.40. The molecule has 82 valence electrons. The van der Waals surface area contributed by atoms with E-state index >= 15 is 0 Å². The van der Waals surface area contributed by atoms with Gasteiger partial charge in [-0.1, -0.05) is 0 Å². The molecule has 2 N–H and O–H groups in total. The Morgan fingerprint density at radius 1 is 1.47 bits per heavy atom. The molecule has 2 fully saturated rings. The first kappa shape index (κ1) is 9.18. The van der Waals surface area contributed by atoms with Crippen molar-refractivity contribution < 1.29 is 9.47 Å². The third kappa shape index (κ3) is 1.27. The predicted molar refractivity (Wildman–Crippen MR) is 54.3 cm³/mol. The summed E-state index contributed by atoms with van der Waals surface area (Å²) in [6.07, 6.45) is 3.47. The first-order valence-corrected chi connectivity index (χ1v) is 5.28. The van der Waals surface area contributed by atoms with E-state index in [1.54, 1.807) is 6.20 Å². The number of hydrogen-bond acceptors (Lipinski definition) is 4. The molecule has 5 heteroatoms. The number of anilines is 1. The van der Waals surface area contributed by atoms with E-state index in [4.69, 9.17) is 15.2 Å². The summed E-state index contributed by atoms with van der Waals surface area (Å²) in [5.41, 5.74) is 7.55. The molecule has 0 bridgehead atoms. The fraction of sp³-hybridized carbons (Fsp3) is 0.700. The average Bonchev–Trinajstić information content (AvgIpc) is 2.74. The van der Waals surface area contributed by atoms with Gasteiger partial charge in [0.25, 0.3) is 0 Å². The lowest BCUT2D eigenvalue weighted by Crippen LogP contribution is -2.46. The molecule has 0 atom stereocenters. The van der Waals surface area contributed by atoms with Crippen LogP contribution in [0, 0.1) is 6.92 Å². The minimum Gasteiger partial charge on any atom is -0.396 e. The lowest BCUT2D eigenvalue weighted by molar-refractivity contribution is -0.227. The Morgan fingerprint density at radius 2 is 2.13 bits per heavy atom. The van der Waals surface area contributed by atoms with Gasteiger partial charge in [-0.15, -0.1) is 0 Å². The smallest absolute Gasteiger partial charge is 0.172 e. The molecule has 1 spiro atoms. The molecule has 1 saturated carbocycles. The van der Waals surface area contributed by atoms with Crippen molar-refractivity contribution in [2.75, 3.05) is 18.9 Å². The number of nitrogens with two attached hydrogens (primary N) is 1. The van der Waals surface area contributed by atoms with Crippen molar-refractivity contribution in [1.82, 2.24) is 9.78 Å². The monoisotopic (exact) mass is 209 g/mol. The fourth-order valence-electron chi connectivity index (χ4n) is 2.37. The number of nitrogens with zero attached hydrogens (tertiary/aromatic N) is 2. The van der Waals surface area contributed by atoms with Gasteiger partial charge in [0.05, 0.1) is 36.8 Å². The van der Waals surface area contributed by atoms with Gasteiger partial charge in [-0.2, -0.15) is 5.10 Å². The maximum Gasteiger partial charge on any atom is 0.172 e. The van der Waals surface area contributed by atoms with Crippen LogP contribution in [0.5, 0.6) is 0 Å². The van der Waals surface area contributed by atoms with Gasteiger partial charge in [0, 0.05) is 12.8 Å². The van der Waals surface area contributed by atoms with Crippen molar-refractivity contribution in [2.45, 2.75) is 31.6 Å². The highest BCUT2D eigenvalue weighted by atomic mass is 16.7. The van der Waals surface area contributed by atoms with Crippen molar-refractivity contribution >= 4 is 5.69 Å². The van der Waals surface area contributed by atoms with Crippen molar-refractivity contribution in [1.29, 1.82) is 0 Å². The minimum atomic E-state index is -0.308. The summed E-state index contributed by atoms with van der Waals surface area (Å²) in [6, 6.07) is 0.375. The van der Waals surface area contributed by atoms with E-state index in [9.17, 15) is 0 Å². The highest BCUT2D eigenvalue weighted by Crippen LogP contribution is 2.47. The molecule has 15 heavy (non-hydrogen) atoms. The van der Waals surface area contributed by atoms with Crippen molar-refractivity contribution in [3.05, 3.63) is 11.9 Å². The van der Waals surface area contributed by atoms with Crippen LogP contribution >= 0.6 is 0 Å². The summed E-state index contributed by atoms with van der Waals surface area (Å²) < 4.78 is 13.1. The molecular formula is C10H15N3O2. The Bertz CT molecular complexity index is 374. The molecule has 5 nitrogen and oxygen atoms in total. The first-order valence-electron chi connectivity index (χ1n) is 5.28. The number of aromatic nitrogens is 2. The Kier molecular flexibility index (Phi) is 1.81. The normalized spacial score (nSPS) is 24.6. The number of hydrogen-bond donors (Lipinski definition) is 1. The molecule has 3 rings (SSSR count). The SMILES string of the molecule is Cc1c(N)cnn1C1CC2(C1)OCCO2. The lowest BCUT2D eigenvalue weighted by Gasteiger charge is -2.43. The Hall–Kier alpha value is -1.07. The van der Waals surface area contributed by atoms with E-state index in [2.05, 4.69) is 5.10 Å². The van der Waals surface area contributed by atoms with E-state index < -0.39 is 0 Å². The van der Waals surface area contributed by atoms with Crippen LogP contribution in [0.3, 0.4) is 0 Å². The summed E-state index contributed by atoms with van der Waals surface area (Å²) in [4.78, 5) is 0. The van der Waals surface area contributed by atoms with Crippen molar-refractivity contribution in [3.63, 3.8) is 0 Å². The maximum atomic E-state index is 5.76. The average molecular weight is 209 g/mol. The standard InChI is InChI=1S/C10H15N3O2/c1-7-9(11)6-12-13(7)8-4-10(5-8)14-2-3-15-10/h6,8H,2-5,11H2,1H3. The van der Waals surface area contributed by atoms with E-state index in [0.717, 1.165) is 24.2 Å². The van der Waals surface area contributed by atoms with Gasteiger partial charge in [0.2, 0.25) is 0 Å². The summed E-state index contributed by atoms with van der Waals surface area (Å²) in [6.45, 7) is 3.42. The third-order valence-corrected chi connectivity index (χ3v) is 3.34. The van der Waals surface area contributed by atoms with Crippen molar-refractivity contribution in [2.24, 2.45) is 0 Å².